The average molecular weight is 416 g/mol. The van der Waals surface area contributed by atoms with Crippen LogP contribution in [0, 0.1) is 0 Å². The van der Waals surface area contributed by atoms with E-state index < -0.39 is 6.04 Å². The van der Waals surface area contributed by atoms with Gasteiger partial charge in [-0.25, -0.2) is 4.98 Å². The number of aromatic nitrogens is 1. The number of nitrogens with one attached hydrogen (secondary N) is 2. The standard InChI is InChI=1S/C24H21N3O2S/c28-23(18-11-5-2-6-12-18)27-20(15-17-9-3-1-4-10-17)24(29)25-16-22-26-19-13-7-8-14-21(19)30-22/h1-14,20H,15-16H2,(H,25,29)(H,27,28). The first kappa shape index (κ1) is 19.8. The van der Waals surface area contributed by atoms with Gasteiger partial charge in [-0.05, 0) is 29.8 Å². The molecule has 1 heterocycles. The summed E-state index contributed by atoms with van der Waals surface area (Å²) in [7, 11) is 0. The van der Waals surface area contributed by atoms with Crippen LogP contribution in [0.15, 0.2) is 84.9 Å². The summed E-state index contributed by atoms with van der Waals surface area (Å²) in [5.41, 5.74) is 2.42. The Morgan fingerprint density at radius 3 is 2.27 bits per heavy atom. The van der Waals surface area contributed by atoms with Crippen LogP contribution in [0.2, 0.25) is 0 Å². The zero-order chi connectivity index (χ0) is 20.8. The fourth-order valence-electron chi connectivity index (χ4n) is 3.17. The maximum atomic E-state index is 13.0. The van der Waals surface area contributed by atoms with Gasteiger partial charge in [-0.1, -0.05) is 60.7 Å². The fourth-order valence-corrected chi connectivity index (χ4v) is 4.08. The minimum atomic E-state index is -0.686. The van der Waals surface area contributed by atoms with Crippen LogP contribution in [0.4, 0.5) is 0 Å². The van der Waals surface area contributed by atoms with Crippen molar-refractivity contribution in [3.63, 3.8) is 0 Å². The molecular formula is C24H21N3O2S. The maximum absolute atomic E-state index is 13.0. The van der Waals surface area contributed by atoms with Crippen molar-refractivity contribution in [2.75, 3.05) is 0 Å². The Bertz CT molecular complexity index is 1110. The Hall–Kier alpha value is -3.51. The van der Waals surface area contributed by atoms with E-state index in [1.807, 2.05) is 60.7 Å². The Morgan fingerprint density at radius 1 is 0.867 bits per heavy atom. The molecule has 1 unspecified atom stereocenters. The van der Waals surface area contributed by atoms with Crippen molar-refractivity contribution >= 4 is 33.4 Å². The smallest absolute Gasteiger partial charge is 0.251 e. The van der Waals surface area contributed by atoms with Crippen LogP contribution in [0.3, 0.4) is 0 Å². The van der Waals surface area contributed by atoms with Crippen LogP contribution in [-0.4, -0.2) is 22.8 Å². The zero-order valence-corrected chi connectivity index (χ0v) is 17.1. The highest BCUT2D eigenvalue weighted by Gasteiger charge is 2.22. The lowest BCUT2D eigenvalue weighted by atomic mass is 10.0. The van der Waals surface area contributed by atoms with Crippen LogP contribution in [0.5, 0.6) is 0 Å². The Kier molecular flexibility index (Phi) is 6.15. The molecule has 0 aliphatic carbocycles. The van der Waals surface area contributed by atoms with E-state index in [1.165, 1.54) is 0 Å². The SMILES string of the molecule is O=C(NC(Cc1ccccc1)C(=O)NCc1nc2ccccc2s1)c1ccccc1. The Morgan fingerprint density at radius 2 is 1.53 bits per heavy atom. The highest BCUT2D eigenvalue weighted by atomic mass is 32.1. The van der Waals surface area contributed by atoms with Gasteiger partial charge < -0.3 is 10.6 Å². The molecule has 4 aromatic rings. The molecule has 2 N–H and O–H groups in total. The number of hydrogen-bond acceptors (Lipinski definition) is 4. The summed E-state index contributed by atoms with van der Waals surface area (Å²) >= 11 is 1.55. The lowest BCUT2D eigenvalue weighted by Crippen LogP contribution is -2.47. The van der Waals surface area contributed by atoms with Crippen LogP contribution in [0.1, 0.15) is 20.9 Å². The van der Waals surface area contributed by atoms with Crippen molar-refractivity contribution in [3.8, 4) is 0 Å². The first-order chi connectivity index (χ1) is 14.7. The summed E-state index contributed by atoms with van der Waals surface area (Å²) in [5.74, 6) is -0.506. The van der Waals surface area contributed by atoms with E-state index in [4.69, 9.17) is 0 Å². The van der Waals surface area contributed by atoms with Gasteiger partial charge in [-0.2, -0.15) is 0 Å². The third kappa shape index (κ3) is 4.90. The number of carbonyl (C=O) groups excluding carboxylic acids is 2. The highest BCUT2D eigenvalue weighted by Crippen LogP contribution is 2.21. The van der Waals surface area contributed by atoms with E-state index in [0.29, 0.717) is 18.5 Å². The van der Waals surface area contributed by atoms with E-state index in [-0.39, 0.29) is 11.8 Å². The summed E-state index contributed by atoms with van der Waals surface area (Å²) in [6, 6.07) is 25.8. The normalized spacial score (nSPS) is 11.7. The number of benzene rings is 3. The van der Waals surface area contributed by atoms with Crippen LogP contribution in [-0.2, 0) is 17.8 Å². The van der Waals surface area contributed by atoms with Crippen molar-refractivity contribution in [1.29, 1.82) is 0 Å². The third-order valence-electron chi connectivity index (χ3n) is 4.69. The number of nitrogens with zero attached hydrogens (tertiary/aromatic N) is 1. The van der Waals surface area contributed by atoms with Crippen molar-refractivity contribution in [3.05, 3.63) is 101 Å². The van der Waals surface area contributed by atoms with Gasteiger partial charge >= 0.3 is 0 Å². The summed E-state index contributed by atoms with van der Waals surface area (Å²) < 4.78 is 1.08. The van der Waals surface area contributed by atoms with Gasteiger partial charge in [0.25, 0.3) is 5.91 Å². The second-order valence-electron chi connectivity index (χ2n) is 6.87. The van der Waals surface area contributed by atoms with Gasteiger partial charge in [-0.15, -0.1) is 11.3 Å². The van der Waals surface area contributed by atoms with Gasteiger partial charge in [0, 0.05) is 12.0 Å². The monoisotopic (exact) mass is 415 g/mol. The minimum absolute atomic E-state index is 0.234. The number of carbonyl (C=O) groups is 2. The number of fused-ring (bicyclic) bond motifs is 1. The molecule has 6 heteroatoms. The van der Waals surface area contributed by atoms with Crippen molar-refractivity contribution in [2.24, 2.45) is 0 Å². The van der Waals surface area contributed by atoms with E-state index in [2.05, 4.69) is 15.6 Å². The van der Waals surface area contributed by atoms with E-state index >= 15 is 0 Å². The van der Waals surface area contributed by atoms with Crippen LogP contribution >= 0.6 is 11.3 Å². The van der Waals surface area contributed by atoms with Crippen molar-refractivity contribution in [1.82, 2.24) is 15.6 Å². The molecule has 0 fully saturated rings. The number of thiazole rings is 1. The molecule has 1 atom stereocenters. The molecule has 0 spiro atoms. The largest absolute Gasteiger partial charge is 0.348 e. The molecular weight excluding hydrogens is 394 g/mol. The average Bonchev–Trinajstić information content (AvgIpc) is 3.21. The van der Waals surface area contributed by atoms with Crippen LogP contribution < -0.4 is 10.6 Å². The lowest BCUT2D eigenvalue weighted by molar-refractivity contribution is -0.123. The summed E-state index contributed by atoms with van der Waals surface area (Å²) in [6.45, 7) is 0.324. The fraction of sp³-hybridized carbons (Fsp3) is 0.125. The summed E-state index contributed by atoms with van der Waals surface area (Å²) in [4.78, 5) is 30.1. The summed E-state index contributed by atoms with van der Waals surface area (Å²) in [5, 5.41) is 6.64. The molecule has 0 aliphatic heterocycles. The number of para-hydroxylation sites is 1. The molecule has 1 aromatic heterocycles. The quantitative estimate of drug-likeness (QED) is 0.480. The predicted octanol–water partition coefficient (Wildman–Crippen LogP) is 3.95. The summed E-state index contributed by atoms with van der Waals surface area (Å²) in [6.07, 6.45) is 0.408. The molecule has 0 bridgehead atoms. The van der Waals surface area contributed by atoms with Crippen molar-refractivity contribution < 1.29 is 9.59 Å². The Labute approximate surface area is 178 Å². The lowest BCUT2D eigenvalue weighted by Gasteiger charge is -2.18. The molecule has 2 amide bonds. The van der Waals surface area contributed by atoms with Gasteiger partial charge in [0.15, 0.2) is 0 Å². The number of rotatable bonds is 7. The van der Waals surface area contributed by atoms with Crippen molar-refractivity contribution in [2.45, 2.75) is 19.0 Å². The molecule has 0 saturated heterocycles. The Balaban J connectivity index is 1.47. The predicted molar refractivity (Wildman–Crippen MR) is 119 cm³/mol. The topological polar surface area (TPSA) is 71.1 Å². The third-order valence-corrected chi connectivity index (χ3v) is 5.73. The maximum Gasteiger partial charge on any atom is 0.251 e. The molecule has 3 aromatic carbocycles. The molecule has 150 valence electrons. The minimum Gasteiger partial charge on any atom is -0.348 e. The van der Waals surface area contributed by atoms with Crippen LogP contribution in [0.25, 0.3) is 10.2 Å². The number of hydrogen-bond donors (Lipinski definition) is 2. The molecule has 5 nitrogen and oxygen atoms in total. The second kappa shape index (κ2) is 9.33. The van der Waals surface area contributed by atoms with E-state index in [1.54, 1.807) is 35.6 Å². The van der Waals surface area contributed by atoms with E-state index in [0.717, 1.165) is 20.8 Å². The first-order valence-corrected chi connectivity index (χ1v) is 10.5. The molecule has 0 saturated carbocycles. The highest BCUT2D eigenvalue weighted by molar-refractivity contribution is 7.18. The van der Waals surface area contributed by atoms with Gasteiger partial charge in [0.2, 0.25) is 5.91 Å². The molecule has 4 rings (SSSR count). The van der Waals surface area contributed by atoms with E-state index in [9.17, 15) is 9.59 Å². The number of amides is 2. The second-order valence-corrected chi connectivity index (χ2v) is 7.99. The first-order valence-electron chi connectivity index (χ1n) is 9.71. The molecule has 0 radical (unpaired) electrons. The molecule has 30 heavy (non-hydrogen) atoms. The van der Waals surface area contributed by atoms with Gasteiger partial charge in [0.1, 0.15) is 11.0 Å². The van der Waals surface area contributed by atoms with Gasteiger partial charge in [-0.3, -0.25) is 9.59 Å². The zero-order valence-electron chi connectivity index (χ0n) is 16.2. The van der Waals surface area contributed by atoms with Gasteiger partial charge in [0.05, 0.1) is 16.8 Å². The molecule has 0 aliphatic rings.